The zero-order chi connectivity index (χ0) is 8.39. The lowest BCUT2D eigenvalue weighted by atomic mass is 10.2. The van der Waals surface area contributed by atoms with Gasteiger partial charge in [-0.3, -0.25) is 0 Å². The Labute approximate surface area is 74.4 Å². The first kappa shape index (κ1) is 7.52. The first-order valence-electron chi connectivity index (χ1n) is 3.69. The van der Waals surface area contributed by atoms with Crippen LogP contribution in [0.1, 0.15) is 4.88 Å². The minimum atomic E-state index is 0.572. The monoisotopic (exact) mass is 179 g/mol. The van der Waals surface area contributed by atoms with Gasteiger partial charge in [0.2, 0.25) is 0 Å². The van der Waals surface area contributed by atoms with Crippen LogP contribution in [0, 0.1) is 0 Å². The molecule has 0 atom stereocenters. The van der Waals surface area contributed by atoms with Gasteiger partial charge in [0.05, 0.1) is 5.69 Å². The number of nitrogens with zero attached hydrogens (tertiary/aromatic N) is 1. The summed E-state index contributed by atoms with van der Waals surface area (Å²) in [5, 5.41) is 0. The van der Waals surface area contributed by atoms with Crippen LogP contribution in [0.15, 0.2) is 24.5 Å². The maximum absolute atomic E-state index is 5.48. The zero-order valence-electron chi connectivity index (χ0n) is 6.45. The van der Waals surface area contributed by atoms with E-state index in [9.17, 15) is 0 Å². The van der Waals surface area contributed by atoms with Gasteiger partial charge >= 0.3 is 0 Å². The lowest BCUT2D eigenvalue weighted by Crippen LogP contribution is -1.91. The smallest absolute Gasteiger partial charge is 0.0859 e. The second kappa shape index (κ2) is 3.08. The molecule has 12 heavy (non-hydrogen) atoms. The molecule has 2 heterocycles. The fraction of sp³-hybridized carbons (Fsp3) is 0.125. The first-order valence-corrected chi connectivity index (χ1v) is 4.46. The molecule has 0 aromatic carbocycles. The average molecular weight is 179 g/mol. The Morgan fingerprint density at radius 3 is 3.08 bits per heavy atom. The predicted molar refractivity (Wildman–Crippen MR) is 49.8 cm³/mol. The van der Waals surface area contributed by atoms with Gasteiger partial charge in [-0.25, -0.2) is 0 Å². The van der Waals surface area contributed by atoms with Gasteiger partial charge in [0.15, 0.2) is 0 Å². The van der Waals surface area contributed by atoms with E-state index in [-0.39, 0.29) is 0 Å². The Bertz CT molecular complexity index is 350. The van der Waals surface area contributed by atoms with Crippen molar-refractivity contribution in [2.75, 3.05) is 0 Å². The van der Waals surface area contributed by atoms with Crippen molar-refractivity contribution in [3.63, 3.8) is 0 Å². The van der Waals surface area contributed by atoms with Gasteiger partial charge in [-0.15, -0.1) is 0 Å². The van der Waals surface area contributed by atoms with Gasteiger partial charge in [0.25, 0.3) is 0 Å². The lowest BCUT2D eigenvalue weighted by Gasteiger charge is -1.85. The van der Waals surface area contributed by atoms with Gasteiger partial charge in [0, 0.05) is 29.4 Å². The second-order valence-electron chi connectivity index (χ2n) is 2.48. The fourth-order valence-corrected chi connectivity index (χ4v) is 1.64. The lowest BCUT2D eigenvalue weighted by molar-refractivity contribution is 1.11. The summed E-state index contributed by atoms with van der Waals surface area (Å²) >= 11 is 1.46. The van der Waals surface area contributed by atoms with Crippen molar-refractivity contribution >= 4 is 11.5 Å². The summed E-state index contributed by atoms with van der Waals surface area (Å²) in [4.78, 5) is 4.11. The third-order valence-electron chi connectivity index (χ3n) is 1.65. The van der Waals surface area contributed by atoms with Gasteiger partial charge in [-0.2, -0.15) is 4.37 Å². The molecular formula is C8H9N3S. The summed E-state index contributed by atoms with van der Waals surface area (Å²) in [5.74, 6) is 0. The Morgan fingerprint density at radius 1 is 1.58 bits per heavy atom. The maximum atomic E-state index is 5.48. The van der Waals surface area contributed by atoms with E-state index in [0.29, 0.717) is 6.54 Å². The minimum Gasteiger partial charge on any atom is -0.367 e. The Morgan fingerprint density at radius 2 is 2.50 bits per heavy atom. The molecule has 0 aliphatic heterocycles. The van der Waals surface area contributed by atoms with Gasteiger partial charge in [-0.1, -0.05) is 0 Å². The highest BCUT2D eigenvalue weighted by molar-refractivity contribution is 7.06. The number of rotatable bonds is 2. The molecule has 0 saturated heterocycles. The molecule has 62 valence electrons. The van der Waals surface area contributed by atoms with Crippen LogP contribution in [0.5, 0.6) is 0 Å². The summed E-state index contributed by atoms with van der Waals surface area (Å²) in [5.41, 5.74) is 7.60. The number of aromatic amines is 1. The quantitative estimate of drug-likeness (QED) is 0.735. The standard InChI is InChI=1S/C8H9N3S/c9-4-7-3-8(11-12-7)6-1-2-10-5-6/h1-3,5,10H,4,9H2. The molecule has 3 nitrogen and oxygen atoms in total. The summed E-state index contributed by atoms with van der Waals surface area (Å²) < 4.78 is 4.27. The molecule has 0 aliphatic carbocycles. The first-order chi connectivity index (χ1) is 5.90. The topological polar surface area (TPSA) is 54.7 Å². The highest BCUT2D eigenvalue weighted by atomic mass is 32.1. The summed E-state index contributed by atoms with van der Waals surface area (Å²) in [6, 6.07) is 4.02. The van der Waals surface area contributed by atoms with Crippen molar-refractivity contribution in [2.45, 2.75) is 6.54 Å². The predicted octanol–water partition coefficient (Wildman–Crippen LogP) is 1.60. The Hall–Kier alpha value is -1.13. The van der Waals surface area contributed by atoms with Crippen molar-refractivity contribution in [1.82, 2.24) is 9.36 Å². The molecule has 2 rings (SSSR count). The van der Waals surface area contributed by atoms with Gasteiger partial charge in [0.1, 0.15) is 0 Å². The van der Waals surface area contributed by atoms with E-state index in [0.717, 1.165) is 16.1 Å². The molecule has 2 aromatic rings. The van der Waals surface area contributed by atoms with E-state index in [4.69, 9.17) is 5.73 Å². The van der Waals surface area contributed by atoms with Gasteiger partial charge in [-0.05, 0) is 23.7 Å². The van der Waals surface area contributed by atoms with Crippen LogP contribution < -0.4 is 5.73 Å². The number of aromatic nitrogens is 2. The van der Waals surface area contributed by atoms with Crippen molar-refractivity contribution < 1.29 is 0 Å². The molecule has 0 unspecified atom stereocenters. The largest absolute Gasteiger partial charge is 0.367 e. The summed E-state index contributed by atoms with van der Waals surface area (Å²) in [7, 11) is 0. The molecule has 0 spiro atoms. The SMILES string of the molecule is NCc1cc(-c2cc[nH]c2)ns1. The molecule has 3 N–H and O–H groups in total. The van der Waals surface area contributed by atoms with E-state index >= 15 is 0 Å². The van der Waals surface area contributed by atoms with Crippen molar-refractivity contribution in [3.8, 4) is 11.3 Å². The van der Waals surface area contributed by atoms with E-state index in [2.05, 4.69) is 9.36 Å². The Kier molecular flexibility index (Phi) is 1.93. The third kappa shape index (κ3) is 1.26. The molecule has 0 fully saturated rings. The molecular weight excluding hydrogens is 170 g/mol. The minimum absolute atomic E-state index is 0.572. The summed E-state index contributed by atoms with van der Waals surface area (Å²) in [6.07, 6.45) is 3.81. The second-order valence-corrected chi connectivity index (χ2v) is 3.37. The van der Waals surface area contributed by atoms with Gasteiger partial charge < -0.3 is 10.7 Å². The number of hydrogen-bond donors (Lipinski definition) is 2. The molecule has 4 heteroatoms. The average Bonchev–Trinajstić information content (AvgIpc) is 2.75. The molecule has 0 saturated carbocycles. The highest BCUT2D eigenvalue weighted by Crippen LogP contribution is 2.20. The number of nitrogens with one attached hydrogen (secondary N) is 1. The zero-order valence-corrected chi connectivity index (χ0v) is 7.27. The normalized spacial score (nSPS) is 10.4. The van der Waals surface area contributed by atoms with Crippen LogP contribution in [0.3, 0.4) is 0 Å². The third-order valence-corrected chi connectivity index (χ3v) is 2.46. The summed E-state index contributed by atoms with van der Waals surface area (Å²) in [6.45, 7) is 0.572. The van der Waals surface area contributed by atoms with E-state index in [1.54, 1.807) is 0 Å². The molecule has 0 bridgehead atoms. The van der Waals surface area contributed by atoms with Crippen molar-refractivity contribution in [3.05, 3.63) is 29.4 Å². The molecule has 0 aliphatic rings. The van der Waals surface area contributed by atoms with Crippen LogP contribution in [-0.4, -0.2) is 9.36 Å². The maximum Gasteiger partial charge on any atom is 0.0859 e. The van der Waals surface area contributed by atoms with Crippen LogP contribution in [0.2, 0.25) is 0 Å². The fourth-order valence-electron chi connectivity index (χ4n) is 1.03. The highest BCUT2D eigenvalue weighted by Gasteiger charge is 2.02. The molecule has 2 aromatic heterocycles. The van der Waals surface area contributed by atoms with E-state index in [1.165, 1.54) is 11.5 Å². The van der Waals surface area contributed by atoms with Crippen LogP contribution >= 0.6 is 11.5 Å². The molecule has 0 amide bonds. The number of hydrogen-bond acceptors (Lipinski definition) is 3. The number of H-pyrrole nitrogens is 1. The van der Waals surface area contributed by atoms with Crippen LogP contribution in [0.25, 0.3) is 11.3 Å². The van der Waals surface area contributed by atoms with E-state index < -0.39 is 0 Å². The molecule has 0 radical (unpaired) electrons. The van der Waals surface area contributed by atoms with Crippen LogP contribution in [-0.2, 0) is 6.54 Å². The van der Waals surface area contributed by atoms with E-state index in [1.807, 2.05) is 24.5 Å². The van der Waals surface area contributed by atoms with Crippen molar-refractivity contribution in [1.29, 1.82) is 0 Å². The Balaban J connectivity index is 2.35. The van der Waals surface area contributed by atoms with Crippen LogP contribution in [0.4, 0.5) is 0 Å². The van der Waals surface area contributed by atoms with Crippen molar-refractivity contribution in [2.24, 2.45) is 5.73 Å². The number of nitrogens with two attached hydrogens (primary N) is 1.